The quantitative estimate of drug-likeness (QED) is 0.727. The average Bonchev–Trinajstić information content (AvgIpc) is 2.64. The van der Waals surface area contributed by atoms with Gasteiger partial charge < -0.3 is 19.7 Å². The zero-order valence-electron chi connectivity index (χ0n) is 15.2. The highest BCUT2D eigenvalue weighted by molar-refractivity contribution is 9.10. The van der Waals surface area contributed by atoms with Crippen LogP contribution in [-0.4, -0.2) is 43.3 Å². The average molecular weight is 455 g/mol. The van der Waals surface area contributed by atoms with Crippen LogP contribution in [0.2, 0.25) is 5.02 Å². The van der Waals surface area contributed by atoms with E-state index in [1.807, 2.05) is 32.0 Å². The van der Waals surface area contributed by atoms with Crippen molar-refractivity contribution in [2.75, 3.05) is 36.5 Å². The number of morpholine rings is 1. The first-order valence-corrected chi connectivity index (χ1v) is 9.87. The number of hydrogen-bond donors (Lipinski definition) is 1. The van der Waals surface area contributed by atoms with Crippen LogP contribution in [0.3, 0.4) is 0 Å². The van der Waals surface area contributed by atoms with E-state index in [-0.39, 0.29) is 12.0 Å². The van der Waals surface area contributed by atoms with E-state index in [4.69, 9.17) is 21.1 Å². The summed E-state index contributed by atoms with van der Waals surface area (Å²) in [6, 6.07) is 7.38. The molecule has 1 aromatic carbocycles. The van der Waals surface area contributed by atoms with Crippen LogP contribution in [0.15, 0.2) is 34.9 Å². The van der Waals surface area contributed by atoms with E-state index in [0.717, 1.165) is 28.9 Å². The summed E-state index contributed by atoms with van der Waals surface area (Å²) < 4.78 is 11.8. The molecule has 27 heavy (non-hydrogen) atoms. The topological polar surface area (TPSA) is 63.7 Å². The van der Waals surface area contributed by atoms with Crippen LogP contribution in [0.4, 0.5) is 11.4 Å². The van der Waals surface area contributed by atoms with Gasteiger partial charge in [0.2, 0.25) is 5.88 Å². The van der Waals surface area contributed by atoms with Crippen molar-refractivity contribution >= 4 is 44.8 Å². The highest BCUT2D eigenvalue weighted by Gasteiger charge is 2.18. The fraction of sp³-hybridized carbons (Fsp3) is 0.368. The molecule has 8 heteroatoms. The Morgan fingerprint density at radius 3 is 2.74 bits per heavy atom. The summed E-state index contributed by atoms with van der Waals surface area (Å²) in [7, 11) is 0. The van der Waals surface area contributed by atoms with E-state index in [1.54, 1.807) is 6.07 Å². The zero-order valence-corrected chi connectivity index (χ0v) is 17.5. The minimum Gasteiger partial charge on any atom is -0.474 e. The number of carbonyl (C=O) groups is 1. The van der Waals surface area contributed by atoms with Crippen molar-refractivity contribution in [1.82, 2.24) is 4.98 Å². The van der Waals surface area contributed by atoms with Crippen LogP contribution in [0, 0.1) is 0 Å². The van der Waals surface area contributed by atoms with Crippen molar-refractivity contribution < 1.29 is 14.3 Å². The van der Waals surface area contributed by atoms with Crippen molar-refractivity contribution in [3.05, 3.63) is 45.5 Å². The Hall–Kier alpha value is -1.83. The molecule has 0 saturated carbocycles. The number of pyridine rings is 1. The maximum Gasteiger partial charge on any atom is 0.257 e. The predicted octanol–water partition coefficient (Wildman–Crippen LogP) is 4.37. The molecule has 2 heterocycles. The van der Waals surface area contributed by atoms with E-state index < -0.39 is 0 Å². The second kappa shape index (κ2) is 8.91. The lowest BCUT2D eigenvalue weighted by molar-refractivity contribution is 0.102. The fourth-order valence-electron chi connectivity index (χ4n) is 2.74. The third-order valence-electron chi connectivity index (χ3n) is 3.98. The molecule has 1 N–H and O–H groups in total. The standard InChI is InChI=1S/C19H21BrClN3O3/c1-12(2)27-19-15(21)9-13(11-22-19)18(25)23-16-10-14(20)3-4-17(16)24-5-7-26-8-6-24/h3-4,9-12H,5-8H2,1-2H3,(H,23,25). The molecule has 6 nitrogen and oxygen atoms in total. The van der Waals surface area contributed by atoms with Gasteiger partial charge in [0.05, 0.1) is 36.3 Å². The Bertz CT molecular complexity index is 826. The van der Waals surface area contributed by atoms with E-state index >= 15 is 0 Å². The number of ether oxygens (including phenoxy) is 2. The zero-order chi connectivity index (χ0) is 19.4. The summed E-state index contributed by atoms with van der Waals surface area (Å²) in [4.78, 5) is 19.1. The molecule has 1 amide bonds. The Morgan fingerprint density at radius 1 is 1.33 bits per heavy atom. The van der Waals surface area contributed by atoms with Gasteiger partial charge in [-0.1, -0.05) is 27.5 Å². The number of amides is 1. The van der Waals surface area contributed by atoms with E-state index in [2.05, 4.69) is 31.1 Å². The maximum atomic E-state index is 12.7. The highest BCUT2D eigenvalue weighted by Crippen LogP contribution is 2.31. The van der Waals surface area contributed by atoms with Crippen molar-refractivity contribution in [3.8, 4) is 5.88 Å². The van der Waals surface area contributed by atoms with Crippen molar-refractivity contribution in [3.63, 3.8) is 0 Å². The third kappa shape index (κ3) is 5.12. The number of hydrogen-bond acceptors (Lipinski definition) is 5. The molecule has 144 valence electrons. The van der Waals surface area contributed by atoms with Gasteiger partial charge in [-0.25, -0.2) is 4.98 Å². The first-order valence-electron chi connectivity index (χ1n) is 8.70. The molecule has 0 atom stereocenters. The number of nitrogens with one attached hydrogen (secondary N) is 1. The highest BCUT2D eigenvalue weighted by atomic mass is 79.9. The third-order valence-corrected chi connectivity index (χ3v) is 4.74. The first kappa shape index (κ1) is 19.9. The lowest BCUT2D eigenvalue weighted by Crippen LogP contribution is -2.36. The summed E-state index contributed by atoms with van der Waals surface area (Å²) in [5.74, 6) is 0.0350. The second-order valence-electron chi connectivity index (χ2n) is 6.39. The molecule has 0 bridgehead atoms. The van der Waals surface area contributed by atoms with Gasteiger partial charge in [-0.2, -0.15) is 0 Å². The van der Waals surface area contributed by atoms with Gasteiger partial charge in [0.25, 0.3) is 5.91 Å². The normalized spacial score (nSPS) is 14.3. The summed E-state index contributed by atoms with van der Waals surface area (Å²) in [5, 5.41) is 3.27. The number of anilines is 2. The van der Waals surface area contributed by atoms with Crippen LogP contribution in [0.1, 0.15) is 24.2 Å². The summed E-state index contributed by atoms with van der Waals surface area (Å²) >= 11 is 9.67. The fourth-order valence-corrected chi connectivity index (χ4v) is 3.31. The van der Waals surface area contributed by atoms with Gasteiger partial charge in [-0.15, -0.1) is 0 Å². The first-order chi connectivity index (χ1) is 12.9. The smallest absolute Gasteiger partial charge is 0.257 e. The van der Waals surface area contributed by atoms with Crippen LogP contribution in [0.25, 0.3) is 0 Å². The number of nitrogens with zero attached hydrogens (tertiary/aromatic N) is 2. The molecular weight excluding hydrogens is 434 g/mol. The monoisotopic (exact) mass is 453 g/mol. The molecule has 1 fully saturated rings. The molecule has 3 rings (SSSR count). The van der Waals surface area contributed by atoms with Crippen LogP contribution >= 0.6 is 27.5 Å². The number of benzene rings is 1. The molecule has 1 aromatic heterocycles. The molecule has 0 spiro atoms. The molecule has 0 radical (unpaired) electrons. The lowest BCUT2D eigenvalue weighted by atomic mass is 10.2. The molecular formula is C19H21BrClN3O3. The van der Waals surface area contributed by atoms with E-state index in [9.17, 15) is 4.79 Å². The van der Waals surface area contributed by atoms with Crippen molar-refractivity contribution in [2.45, 2.75) is 20.0 Å². The van der Waals surface area contributed by atoms with Crippen LogP contribution < -0.4 is 15.0 Å². The number of rotatable bonds is 5. The Labute approximate surface area is 171 Å². The largest absolute Gasteiger partial charge is 0.474 e. The summed E-state index contributed by atoms with van der Waals surface area (Å²) in [6.07, 6.45) is 1.41. The molecule has 1 saturated heterocycles. The maximum absolute atomic E-state index is 12.7. The number of aromatic nitrogens is 1. The van der Waals surface area contributed by atoms with Gasteiger partial charge in [0, 0.05) is 23.8 Å². The van der Waals surface area contributed by atoms with Gasteiger partial charge in [-0.3, -0.25) is 4.79 Å². The summed E-state index contributed by atoms with van der Waals surface area (Å²) in [5.41, 5.74) is 2.03. The lowest BCUT2D eigenvalue weighted by Gasteiger charge is -2.30. The minimum absolute atomic E-state index is 0.0487. The van der Waals surface area contributed by atoms with E-state index in [0.29, 0.717) is 29.7 Å². The SMILES string of the molecule is CC(C)Oc1ncc(C(=O)Nc2cc(Br)ccc2N2CCOCC2)cc1Cl. The van der Waals surface area contributed by atoms with Crippen LogP contribution in [-0.2, 0) is 4.74 Å². The Balaban J connectivity index is 1.81. The van der Waals surface area contributed by atoms with Gasteiger partial charge in [0.15, 0.2) is 0 Å². The Kier molecular flexibility index (Phi) is 6.57. The van der Waals surface area contributed by atoms with Gasteiger partial charge >= 0.3 is 0 Å². The van der Waals surface area contributed by atoms with E-state index in [1.165, 1.54) is 6.20 Å². The second-order valence-corrected chi connectivity index (χ2v) is 7.72. The molecule has 0 unspecified atom stereocenters. The molecule has 2 aromatic rings. The van der Waals surface area contributed by atoms with Crippen molar-refractivity contribution in [1.29, 1.82) is 0 Å². The Morgan fingerprint density at radius 2 is 2.07 bits per heavy atom. The van der Waals surface area contributed by atoms with Crippen molar-refractivity contribution in [2.24, 2.45) is 0 Å². The summed E-state index contributed by atoms with van der Waals surface area (Å²) in [6.45, 7) is 6.66. The van der Waals surface area contributed by atoms with Crippen LogP contribution in [0.5, 0.6) is 5.88 Å². The molecule has 0 aliphatic carbocycles. The number of halogens is 2. The number of carbonyl (C=O) groups excluding carboxylic acids is 1. The minimum atomic E-state index is -0.284. The molecule has 1 aliphatic heterocycles. The molecule has 1 aliphatic rings. The van der Waals surface area contributed by atoms with Gasteiger partial charge in [0.1, 0.15) is 5.02 Å². The van der Waals surface area contributed by atoms with Gasteiger partial charge in [-0.05, 0) is 38.1 Å². The predicted molar refractivity (Wildman–Crippen MR) is 110 cm³/mol.